The van der Waals surface area contributed by atoms with Crippen molar-refractivity contribution < 1.29 is 4.58 Å². The van der Waals surface area contributed by atoms with E-state index in [9.17, 15) is 0 Å². The van der Waals surface area contributed by atoms with Crippen LogP contribution < -0.4 is 0 Å². The van der Waals surface area contributed by atoms with Crippen LogP contribution in [0.2, 0.25) is 0 Å². The molecular weight excluding hydrogens is 256 g/mol. The second-order valence-electron chi connectivity index (χ2n) is 5.77. The van der Waals surface area contributed by atoms with E-state index in [1.807, 2.05) is 0 Å². The summed E-state index contributed by atoms with van der Waals surface area (Å²) in [5, 5.41) is 2.69. The van der Waals surface area contributed by atoms with Gasteiger partial charge in [0.15, 0.2) is 0 Å². The van der Waals surface area contributed by atoms with Crippen LogP contribution in [0.3, 0.4) is 0 Å². The highest BCUT2D eigenvalue weighted by atomic mass is 15.1. The molecule has 4 rings (SSSR count). The van der Waals surface area contributed by atoms with Gasteiger partial charge in [-0.1, -0.05) is 24.3 Å². The van der Waals surface area contributed by atoms with Gasteiger partial charge in [0.1, 0.15) is 11.0 Å². The molecule has 0 fully saturated rings. The minimum atomic E-state index is 1.08. The lowest BCUT2D eigenvalue weighted by Gasteiger charge is -2.10. The third-order valence-corrected chi connectivity index (χ3v) is 4.43. The van der Waals surface area contributed by atoms with Gasteiger partial charge in [0, 0.05) is 10.8 Å². The Morgan fingerprint density at radius 3 is 2.67 bits per heavy atom. The lowest BCUT2D eigenvalue weighted by atomic mass is 10.1. The topological polar surface area (TPSA) is 7.94 Å². The van der Waals surface area contributed by atoms with Crippen molar-refractivity contribution in [1.29, 1.82) is 0 Å². The molecule has 0 bridgehead atoms. The molecule has 0 radical (unpaired) electrons. The monoisotopic (exact) mass is 275 g/mol. The Bertz CT molecular complexity index is 910. The molecule has 2 nitrogen and oxygen atoms in total. The highest BCUT2D eigenvalue weighted by Gasteiger charge is 2.24. The fraction of sp³-hybridized carbons (Fsp3) is 0.211. The molecule has 0 unspecified atom stereocenters. The predicted molar refractivity (Wildman–Crippen MR) is 89.1 cm³/mol. The van der Waals surface area contributed by atoms with Gasteiger partial charge in [-0.3, -0.25) is 0 Å². The molecule has 0 saturated heterocycles. The van der Waals surface area contributed by atoms with E-state index in [1.165, 1.54) is 33.2 Å². The zero-order valence-corrected chi connectivity index (χ0v) is 12.5. The van der Waals surface area contributed by atoms with E-state index in [2.05, 4.69) is 77.9 Å². The van der Waals surface area contributed by atoms with Crippen molar-refractivity contribution in [3.05, 3.63) is 60.3 Å². The Kier molecular flexibility index (Phi) is 2.71. The fourth-order valence-electron chi connectivity index (χ4n) is 3.44. The number of hydrogen-bond acceptors (Lipinski definition) is 0. The highest BCUT2D eigenvalue weighted by molar-refractivity contribution is 6.14. The Labute approximate surface area is 124 Å². The molecular formula is C19H19N2+. The van der Waals surface area contributed by atoms with Gasteiger partial charge in [-0.2, -0.15) is 4.57 Å². The van der Waals surface area contributed by atoms with Crippen LogP contribution >= 0.6 is 0 Å². The lowest BCUT2D eigenvalue weighted by Crippen LogP contribution is -2.23. The molecule has 1 aliphatic heterocycles. The van der Waals surface area contributed by atoms with E-state index in [0.29, 0.717) is 0 Å². The zero-order chi connectivity index (χ0) is 14.4. The van der Waals surface area contributed by atoms with Crippen molar-refractivity contribution in [3.8, 4) is 0 Å². The van der Waals surface area contributed by atoms with E-state index in [4.69, 9.17) is 0 Å². The van der Waals surface area contributed by atoms with Gasteiger partial charge in [-0.15, -0.1) is 0 Å². The molecule has 1 aliphatic rings. The van der Waals surface area contributed by atoms with E-state index < -0.39 is 0 Å². The largest absolute Gasteiger partial charge is 0.261 e. The molecule has 3 aromatic rings. The highest BCUT2D eigenvalue weighted by Crippen LogP contribution is 2.31. The van der Waals surface area contributed by atoms with E-state index >= 15 is 0 Å². The van der Waals surface area contributed by atoms with Crippen molar-refractivity contribution in [2.45, 2.75) is 19.8 Å². The molecule has 1 aromatic heterocycles. The number of aryl methyl sites for hydroxylation is 1. The average Bonchev–Trinajstić information content (AvgIpc) is 2.84. The summed E-state index contributed by atoms with van der Waals surface area (Å²) >= 11 is 0. The molecule has 0 amide bonds. The normalized spacial score (nSPS) is 15.3. The van der Waals surface area contributed by atoms with Gasteiger partial charge in [0.05, 0.1) is 19.7 Å². The molecule has 21 heavy (non-hydrogen) atoms. The molecule has 104 valence electrons. The number of para-hydroxylation sites is 2. The molecule has 2 aromatic carbocycles. The average molecular weight is 275 g/mol. The van der Waals surface area contributed by atoms with Crippen LogP contribution in [0.15, 0.2) is 54.7 Å². The number of allylic oxidation sites excluding steroid dienone is 1. The molecule has 0 spiro atoms. The fourth-order valence-corrected chi connectivity index (χ4v) is 3.44. The van der Waals surface area contributed by atoms with Crippen molar-refractivity contribution >= 4 is 27.6 Å². The first-order chi connectivity index (χ1) is 10.3. The predicted octanol–water partition coefficient (Wildman–Crippen LogP) is 4.30. The van der Waals surface area contributed by atoms with Crippen LogP contribution in [0.25, 0.3) is 21.8 Å². The maximum atomic E-state index is 2.45. The first-order valence-electron chi connectivity index (χ1n) is 7.52. The summed E-state index contributed by atoms with van der Waals surface area (Å²) < 4.78 is 4.70. The third-order valence-electron chi connectivity index (χ3n) is 4.43. The number of aromatic nitrogens is 1. The number of hydrogen-bond donors (Lipinski definition) is 0. The van der Waals surface area contributed by atoms with Crippen LogP contribution in [0, 0.1) is 6.92 Å². The minimum Gasteiger partial charge on any atom is -0.241 e. The summed E-state index contributed by atoms with van der Waals surface area (Å²) in [5.74, 6) is 1.36. The summed E-state index contributed by atoms with van der Waals surface area (Å²) in [6.07, 6.45) is 6.61. The Hall–Kier alpha value is -2.35. The van der Waals surface area contributed by atoms with Gasteiger partial charge in [0.25, 0.3) is 5.84 Å². The number of fused-ring (bicyclic) bond motifs is 3. The van der Waals surface area contributed by atoms with Crippen molar-refractivity contribution in [2.75, 3.05) is 7.05 Å². The minimum absolute atomic E-state index is 1.08. The SMILES string of the molecule is Cc1cccc2c3ccccc3n(C3=[N+](C)C=CCC3)c12. The smallest absolute Gasteiger partial charge is 0.241 e. The third kappa shape index (κ3) is 1.75. The first-order valence-corrected chi connectivity index (χ1v) is 7.52. The van der Waals surface area contributed by atoms with E-state index in [1.54, 1.807) is 0 Å². The molecule has 0 aliphatic carbocycles. The summed E-state index contributed by atoms with van der Waals surface area (Å²) in [6.45, 7) is 2.21. The number of rotatable bonds is 0. The Morgan fingerprint density at radius 2 is 1.81 bits per heavy atom. The van der Waals surface area contributed by atoms with Gasteiger partial charge < -0.3 is 0 Å². The Balaban J connectivity index is 2.22. The van der Waals surface area contributed by atoms with Gasteiger partial charge in [-0.25, -0.2) is 4.58 Å². The quantitative estimate of drug-likeness (QED) is 0.540. The van der Waals surface area contributed by atoms with Gasteiger partial charge >= 0.3 is 0 Å². The summed E-state index contributed by atoms with van der Waals surface area (Å²) in [4.78, 5) is 0. The maximum Gasteiger partial charge on any atom is 0.261 e. The second-order valence-corrected chi connectivity index (χ2v) is 5.77. The summed E-state index contributed by atoms with van der Waals surface area (Å²) in [7, 11) is 2.14. The van der Waals surface area contributed by atoms with Crippen LogP contribution in [0.5, 0.6) is 0 Å². The van der Waals surface area contributed by atoms with Crippen molar-refractivity contribution in [3.63, 3.8) is 0 Å². The van der Waals surface area contributed by atoms with Crippen molar-refractivity contribution in [2.24, 2.45) is 0 Å². The number of nitrogens with zero attached hydrogens (tertiary/aromatic N) is 2. The van der Waals surface area contributed by atoms with Gasteiger partial charge in [0.2, 0.25) is 0 Å². The first kappa shape index (κ1) is 12.4. The maximum absolute atomic E-state index is 2.45. The Morgan fingerprint density at radius 1 is 1.00 bits per heavy atom. The van der Waals surface area contributed by atoms with Crippen LogP contribution in [0.4, 0.5) is 0 Å². The lowest BCUT2D eigenvalue weighted by molar-refractivity contribution is -0.427. The molecule has 0 N–H and O–H groups in total. The van der Waals surface area contributed by atoms with Gasteiger partial charge in [-0.05, 0) is 43.2 Å². The number of benzene rings is 2. The van der Waals surface area contributed by atoms with Crippen LogP contribution in [-0.4, -0.2) is 22.0 Å². The molecule has 2 heteroatoms. The van der Waals surface area contributed by atoms with Crippen LogP contribution in [-0.2, 0) is 0 Å². The summed E-state index contributed by atoms with van der Waals surface area (Å²) in [5.41, 5.74) is 3.98. The molecule has 0 atom stereocenters. The zero-order valence-electron chi connectivity index (χ0n) is 12.5. The summed E-state index contributed by atoms with van der Waals surface area (Å²) in [6, 6.07) is 15.3. The second kappa shape index (κ2) is 4.59. The van der Waals surface area contributed by atoms with E-state index in [-0.39, 0.29) is 0 Å². The van der Waals surface area contributed by atoms with Crippen molar-refractivity contribution in [1.82, 2.24) is 4.57 Å². The van der Waals surface area contributed by atoms with E-state index in [0.717, 1.165) is 12.8 Å². The molecule has 0 saturated carbocycles. The van der Waals surface area contributed by atoms with Crippen LogP contribution in [0.1, 0.15) is 18.4 Å². The standard InChI is InChI=1S/C19H19N2/c1-14-8-7-10-16-15-9-3-4-11-17(15)21(19(14)16)18-12-5-6-13-20(18)2/h3-4,6-11,13H,5,12H2,1-2H3/q+1. The molecule has 2 heterocycles.